The van der Waals surface area contributed by atoms with Crippen LogP contribution >= 0.6 is 0 Å². The second-order valence-electron chi connectivity index (χ2n) is 5.73. The number of hydrogen-bond donors (Lipinski definition) is 1. The maximum atomic E-state index is 12.3. The van der Waals surface area contributed by atoms with Gasteiger partial charge in [0, 0.05) is 11.3 Å². The molecule has 0 aliphatic heterocycles. The average molecular weight is 361 g/mol. The highest BCUT2D eigenvalue weighted by Gasteiger charge is 2.20. The van der Waals surface area contributed by atoms with E-state index in [4.69, 9.17) is 4.74 Å². The molecule has 2 rings (SSSR count). The minimum absolute atomic E-state index is 0.150. The second kappa shape index (κ2) is 7.48. The summed E-state index contributed by atoms with van der Waals surface area (Å²) in [4.78, 5) is 24.5. The highest BCUT2D eigenvalue weighted by Crippen LogP contribution is 2.15. The molecule has 0 unspecified atom stereocenters. The summed E-state index contributed by atoms with van der Waals surface area (Å²) in [7, 11) is -3.45. The van der Waals surface area contributed by atoms with Gasteiger partial charge in [0.25, 0.3) is 0 Å². The number of esters is 1. The molecule has 2 aromatic carbocycles. The monoisotopic (exact) mass is 361 g/mol. The van der Waals surface area contributed by atoms with Crippen LogP contribution in [0.5, 0.6) is 0 Å². The van der Waals surface area contributed by atoms with Crippen LogP contribution in [0.1, 0.15) is 33.2 Å². The molecule has 0 saturated heterocycles. The van der Waals surface area contributed by atoms with Crippen LogP contribution in [-0.2, 0) is 14.8 Å². The maximum Gasteiger partial charge on any atom is 0.338 e. The fraction of sp³-hybridized carbons (Fsp3) is 0.222. The van der Waals surface area contributed by atoms with E-state index >= 15 is 0 Å². The predicted octanol–water partition coefficient (Wildman–Crippen LogP) is 2.79. The quantitative estimate of drug-likeness (QED) is 0.631. The fourth-order valence-electron chi connectivity index (χ4n) is 2.16. The lowest BCUT2D eigenvalue weighted by Crippen LogP contribution is -2.24. The van der Waals surface area contributed by atoms with E-state index in [1.165, 1.54) is 31.2 Å². The highest BCUT2D eigenvalue weighted by atomic mass is 32.2. The van der Waals surface area contributed by atoms with Crippen LogP contribution in [0.25, 0.3) is 0 Å². The Kier molecular flexibility index (Phi) is 5.58. The van der Waals surface area contributed by atoms with Crippen LogP contribution in [0.2, 0.25) is 0 Å². The molecule has 2 aromatic rings. The molecule has 6 nitrogen and oxygen atoms in total. The highest BCUT2D eigenvalue weighted by molar-refractivity contribution is 7.92. The van der Waals surface area contributed by atoms with Crippen molar-refractivity contribution in [3.8, 4) is 0 Å². The van der Waals surface area contributed by atoms with Gasteiger partial charge in [-0.25, -0.2) is 13.2 Å². The van der Waals surface area contributed by atoms with E-state index in [1.807, 2.05) is 19.1 Å². The van der Waals surface area contributed by atoms with Gasteiger partial charge in [0.15, 0.2) is 6.10 Å². The van der Waals surface area contributed by atoms with E-state index in [0.717, 1.165) is 11.8 Å². The van der Waals surface area contributed by atoms with Crippen LogP contribution in [0.15, 0.2) is 48.5 Å². The lowest BCUT2D eigenvalue weighted by Gasteiger charge is -2.13. The first-order valence-corrected chi connectivity index (χ1v) is 9.44. The van der Waals surface area contributed by atoms with Gasteiger partial charge in [-0.05, 0) is 32.0 Å². The Balaban J connectivity index is 2.09. The number of benzene rings is 2. The van der Waals surface area contributed by atoms with Gasteiger partial charge in [0.2, 0.25) is 15.8 Å². The first-order chi connectivity index (χ1) is 11.7. The summed E-state index contributed by atoms with van der Waals surface area (Å²) in [5.41, 5.74) is 1.88. The normalized spacial score (nSPS) is 12.3. The van der Waals surface area contributed by atoms with Crippen LogP contribution in [0.4, 0.5) is 5.69 Å². The van der Waals surface area contributed by atoms with Crippen molar-refractivity contribution in [3.05, 3.63) is 65.2 Å². The van der Waals surface area contributed by atoms with Crippen molar-refractivity contribution in [1.82, 2.24) is 0 Å². The van der Waals surface area contributed by atoms with E-state index in [0.29, 0.717) is 5.56 Å². The number of anilines is 1. The van der Waals surface area contributed by atoms with Gasteiger partial charge in [-0.15, -0.1) is 0 Å². The van der Waals surface area contributed by atoms with Gasteiger partial charge in [-0.1, -0.05) is 35.9 Å². The molecule has 0 aliphatic carbocycles. The van der Waals surface area contributed by atoms with E-state index in [2.05, 4.69) is 4.72 Å². The van der Waals surface area contributed by atoms with Crippen molar-refractivity contribution < 1.29 is 22.7 Å². The van der Waals surface area contributed by atoms with E-state index in [9.17, 15) is 18.0 Å². The first-order valence-electron chi connectivity index (χ1n) is 7.55. The summed E-state index contributed by atoms with van der Waals surface area (Å²) in [6.07, 6.45) is 0.0575. The average Bonchev–Trinajstić information content (AvgIpc) is 2.53. The van der Waals surface area contributed by atoms with Gasteiger partial charge in [0.05, 0.1) is 11.8 Å². The molecule has 132 valence electrons. The Morgan fingerprint density at radius 3 is 2.28 bits per heavy atom. The largest absolute Gasteiger partial charge is 0.451 e. The summed E-state index contributed by atoms with van der Waals surface area (Å²) >= 11 is 0. The number of rotatable bonds is 6. The molecule has 25 heavy (non-hydrogen) atoms. The Labute approximate surface area is 146 Å². The number of carbonyl (C=O) groups excluding carboxylic acids is 2. The molecule has 1 atom stereocenters. The lowest BCUT2D eigenvalue weighted by atomic mass is 10.1. The topological polar surface area (TPSA) is 89.5 Å². The van der Waals surface area contributed by atoms with Crippen LogP contribution in [0, 0.1) is 6.92 Å². The SMILES string of the molecule is Cc1ccc(C(=O)[C@H](C)OC(=O)c2cccc(NS(C)(=O)=O)c2)cc1. The molecule has 0 saturated carbocycles. The van der Waals surface area contributed by atoms with Crippen LogP contribution in [-0.4, -0.2) is 32.5 Å². The molecule has 0 fully saturated rings. The van der Waals surface area contributed by atoms with Gasteiger partial charge < -0.3 is 4.74 Å². The zero-order valence-corrected chi connectivity index (χ0v) is 15.0. The minimum Gasteiger partial charge on any atom is -0.451 e. The number of Topliss-reactive ketones (excluding diaryl/α,β-unsaturated/α-hetero) is 1. The predicted molar refractivity (Wildman–Crippen MR) is 95.3 cm³/mol. The van der Waals surface area contributed by atoms with Crippen molar-refractivity contribution in [1.29, 1.82) is 0 Å². The minimum atomic E-state index is -3.45. The molecule has 7 heteroatoms. The molecule has 0 amide bonds. The molecule has 0 heterocycles. The van der Waals surface area contributed by atoms with E-state index in [1.54, 1.807) is 12.1 Å². The second-order valence-corrected chi connectivity index (χ2v) is 7.48. The van der Waals surface area contributed by atoms with Crippen molar-refractivity contribution in [2.45, 2.75) is 20.0 Å². The van der Waals surface area contributed by atoms with Gasteiger partial charge >= 0.3 is 5.97 Å². The molecule has 0 spiro atoms. The first kappa shape index (κ1) is 18.7. The molecular weight excluding hydrogens is 342 g/mol. The summed E-state index contributed by atoms with van der Waals surface area (Å²) in [6.45, 7) is 3.41. The Morgan fingerprint density at radius 2 is 1.68 bits per heavy atom. The number of aryl methyl sites for hydroxylation is 1. The zero-order chi connectivity index (χ0) is 18.6. The number of sulfonamides is 1. The lowest BCUT2D eigenvalue weighted by molar-refractivity contribution is 0.0319. The molecule has 0 aliphatic rings. The Morgan fingerprint density at radius 1 is 1.04 bits per heavy atom. The molecule has 0 radical (unpaired) electrons. The van der Waals surface area contributed by atoms with Crippen molar-refractivity contribution >= 4 is 27.5 Å². The van der Waals surface area contributed by atoms with E-state index in [-0.39, 0.29) is 17.0 Å². The van der Waals surface area contributed by atoms with Gasteiger partial charge in [-0.2, -0.15) is 0 Å². The van der Waals surface area contributed by atoms with Gasteiger partial charge in [-0.3, -0.25) is 9.52 Å². The standard InChI is InChI=1S/C18H19NO5S/c1-12-7-9-14(10-8-12)17(20)13(2)24-18(21)15-5-4-6-16(11-15)19-25(3,22)23/h4-11,13,19H,1-3H3/t13-/m0/s1. The van der Waals surface area contributed by atoms with Crippen LogP contribution < -0.4 is 4.72 Å². The van der Waals surface area contributed by atoms with Crippen LogP contribution in [0.3, 0.4) is 0 Å². The summed E-state index contributed by atoms with van der Waals surface area (Å²) in [5, 5.41) is 0. The third-order valence-corrected chi connectivity index (χ3v) is 4.00. The fourth-order valence-corrected chi connectivity index (χ4v) is 2.71. The number of nitrogens with one attached hydrogen (secondary N) is 1. The third-order valence-electron chi connectivity index (χ3n) is 3.39. The molecule has 0 bridgehead atoms. The molecular formula is C18H19NO5S. The number of carbonyl (C=O) groups is 2. The van der Waals surface area contributed by atoms with E-state index < -0.39 is 22.1 Å². The summed E-state index contributed by atoms with van der Waals surface area (Å²) in [5.74, 6) is -1.01. The maximum absolute atomic E-state index is 12.3. The van der Waals surface area contributed by atoms with Crippen molar-refractivity contribution in [3.63, 3.8) is 0 Å². The molecule has 0 aromatic heterocycles. The smallest absolute Gasteiger partial charge is 0.338 e. The zero-order valence-electron chi connectivity index (χ0n) is 14.1. The summed E-state index contributed by atoms with van der Waals surface area (Å²) in [6, 6.07) is 12.8. The number of hydrogen-bond acceptors (Lipinski definition) is 5. The Hall–Kier alpha value is -2.67. The van der Waals surface area contributed by atoms with Crippen molar-refractivity contribution in [2.75, 3.05) is 11.0 Å². The number of ketones is 1. The number of ether oxygens (including phenoxy) is 1. The third kappa shape index (κ3) is 5.42. The Bertz CT molecular complexity index is 888. The summed E-state index contributed by atoms with van der Waals surface area (Å²) < 4.78 is 30.0. The van der Waals surface area contributed by atoms with Crippen molar-refractivity contribution in [2.24, 2.45) is 0 Å². The van der Waals surface area contributed by atoms with Gasteiger partial charge in [0.1, 0.15) is 0 Å². The molecule has 1 N–H and O–H groups in total.